The van der Waals surface area contributed by atoms with Crippen LogP contribution in [0.5, 0.6) is 11.5 Å². The highest BCUT2D eigenvalue weighted by Crippen LogP contribution is 2.32. The van der Waals surface area contributed by atoms with E-state index in [1.807, 2.05) is 63.4 Å². The number of ether oxygens (including phenoxy) is 2. The Bertz CT molecular complexity index is 882. The maximum Gasteiger partial charge on any atom is 0.280 e. The van der Waals surface area contributed by atoms with Gasteiger partial charge in [0.15, 0.2) is 17.5 Å². The van der Waals surface area contributed by atoms with Gasteiger partial charge in [-0.3, -0.25) is 9.59 Å². The minimum Gasteiger partial charge on any atom is -0.454 e. The molecule has 0 spiro atoms. The molecule has 1 heterocycles. The Labute approximate surface area is 171 Å². The molecule has 7 nitrogen and oxygen atoms in total. The Kier molecular flexibility index (Phi) is 6.39. The van der Waals surface area contributed by atoms with Gasteiger partial charge in [0.2, 0.25) is 12.7 Å². The molecule has 0 saturated heterocycles. The van der Waals surface area contributed by atoms with Crippen molar-refractivity contribution in [1.29, 1.82) is 0 Å². The Morgan fingerprint density at radius 1 is 1.14 bits per heavy atom. The molecule has 0 saturated carbocycles. The Morgan fingerprint density at radius 3 is 2.55 bits per heavy atom. The third-order valence-electron chi connectivity index (χ3n) is 5.12. The van der Waals surface area contributed by atoms with E-state index in [9.17, 15) is 9.59 Å². The molecule has 2 amide bonds. The van der Waals surface area contributed by atoms with Crippen molar-refractivity contribution in [3.63, 3.8) is 0 Å². The summed E-state index contributed by atoms with van der Waals surface area (Å²) in [6, 6.07) is 13.1. The van der Waals surface area contributed by atoms with Crippen molar-refractivity contribution in [2.45, 2.75) is 26.4 Å². The minimum absolute atomic E-state index is 0.00829. The molecule has 0 radical (unpaired) electrons. The summed E-state index contributed by atoms with van der Waals surface area (Å²) < 4.78 is 10.7. The fraction of sp³-hybridized carbons (Fsp3) is 0.364. The second-order valence-corrected chi connectivity index (χ2v) is 7.54. The summed E-state index contributed by atoms with van der Waals surface area (Å²) in [6.45, 7) is 4.77. The molecule has 2 aromatic carbocycles. The van der Waals surface area contributed by atoms with Gasteiger partial charge in [0, 0.05) is 18.3 Å². The minimum atomic E-state index is -0.294. The molecule has 2 N–H and O–H groups in total. The summed E-state index contributed by atoms with van der Waals surface area (Å²) in [4.78, 5) is 27.5. The third-order valence-corrected chi connectivity index (χ3v) is 5.12. The number of carbonyl (C=O) groups excluding carboxylic acids is 2. The number of aryl methyl sites for hydroxylation is 1. The van der Waals surface area contributed by atoms with Crippen LogP contribution in [0.4, 0.5) is 5.69 Å². The van der Waals surface area contributed by atoms with Gasteiger partial charge in [-0.2, -0.15) is 0 Å². The zero-order chi connectivity index (χ0) is 21.0. The zero-order valence-corrected chi connectivity index (χ0v) is 17.3. The van der Waals surface area contributed by atoms with Gasteiger partial charge in [0.05, 0.1) is 13.6 Å². The van der Waals surface area contributed by atoms with Crippen molar-refractivity contribution in [3.8, 4) is 11.5 Å². The molecule has 3 rings (SSSR count). The lowest BCUT2D eigenvalue weighted by Crippen LogP contribution is -3.12. The summed E-state index contributed by atoms with van der Waals surface area (Å²) >= 11 is 0. The third kappa shape index (κ3) is 5.26. The van der Waals surface area contributed by atoms with E-state index in [1.54, 1.807) is 7.05 Å². The highest BCUT2D eigenvalue weighted by Gasteiger charge is 2.27. The van der Waals surface area contributed by atoms with E-state index in [0.29, 0.717) is 6.54 Å². The fourth-order valence-corrected chi connectivity index (χ4v) is 3.20. The molecule has 2 atom stereocenters. The van der Waals surface area contributed by atoms with Crippen LogP contribution in [0.3, 0.4) is 0 Å². The van der Waals surface area contributed by atoms with Crippen molar-refractivity contribution in [1.82, 2.24) is 4.90 Å². The summed E-state index contributed by atoms with van der Waals surface area (Å²) in [5.41, 5.74) is 2.91. The fourth-order valence-electron chi connectivity index (χ4n) is 3.20. The zero-order valence-electron chi connectivity index (χ0n) is 17.3. The Hall–Kier alpha value is -3.06. The predicted molar refractivity (Wildman–Crippen MR) is 110 cm³/mol. The molecule has 0 bridgehead atoms. The van der Waals surface area contributed by atoms with Gasteiger partial charge in [0.1, 0.15) is 6.54 Å². The van der Waals surface area contributed by atoms with Crippen LogP contribution in [0.1, 0.15) is 18.1 Å². The number of fused-ring (bicyclic) bond motifs is 1. The maximum atomic E-state index is 12.8. The average molecular weight is 398 g/mol. The number of carbonyl (C=O) groups is 2. The number of quaternary nitrogens is 1. The first-order valence-corrected chi connectivity index (χ1v) is 9.66. The normalized spacial score (nSPS) is 14.2. The number of nitrogens with zero attached hydrogens (tertiary/aromatic N) is 1. The SMILES string of the molecule is Cc1ccc(NC(=O)CN(C)C(=O)[C@@H](C)[NH+](C)Cc2ccc3c(c2)OCO3)cc1. The first-order chi connectivity index (χ1) is 13.8. The lowest BCUT2D eigenvalue weighted by atomic mass is 10.1. The maximum absolute atomic E-state index is 12.8. The van der Waals surface area contributed by atoms with Crippen LogP contribution in [0.15, 0.2) is 42.5 Å². The van der Waals surface area contributed by atoms with E-state index in [4.69, 9.17) is 9.47 Å². The second kappa shape index (κ2) is 8.96. The van der Waals surface area contributed by atoms with Gasteiger partial charge in [-0.25, -0.2) is 0 Å². The van der Waals surface area contributed by atoms with Crippen molar-refractivity contribution in [3.05, 3.63) is 53.6 Å². The number of likely N-dealkylation sites (N-methyl/N-ethyl adjacent to an activating group) is 2. The molecule has 0 aromatic heterocycles. The van der Waals surface area contributed by atoms with Crippen LogP contribution in [-0.4, -0.2) is 50.2 Å². The molecular weight excluding hydrogens is 370 g/mol. The van der Waals surface area contributed by atoms with Gasteiger partial charge in [-0.1, -0.05) is 17.7 Å². The summed E-state index contributed by atoms with van der Waals surface area (Å²) in [5.74, 6) is 1.18. The van der Waals surface area contributed by atoms with Crippen molar-refractivity contribution < 1.29 is 24.0 Å². The van der Waals surface area contributed by atoms with Crippen molar-refractivity contribution >= 4 is 17.5 Å². The molecule has 2 aromatic rings. The number of hydrogen-bond donors (Lipinski definition) is 2. The average Bonchev–Trinajstić information content (AvgIpc) is 3.16. The monoisotopic (exact) mass is 398 g/mol. The van der Waals surface area contributed by atoms with Gasteiger partial charge >= 0.3 is 0 Å². The number of benzene rings is 2. The lowest BCUT2D eigenvalue weighted by Gasteiger charge is -2.25. The van der Waals surface area contributed by atoms with Crippen LogP contribution < -0.4 is 19.7 Å². The first kappa shape index (κ1) is 20.7. The van der Waals surface area contributed by atoms with Crippen molar-refractivity contribution in [2.75, 3.05) is 32.7 Å². The smallest absolute Gasteiger partial charge is 0.280 e. The molecule has 154 valence electrons. The van der Waals surface area contributed by atoms with E-state index in [1.165, 1.54) is 4.90 Å². The van der Waals surface area contributed by atoms with E-state index < -0.39 is 0 Å². The largest absolute Gasteiger partial charge is 0.454 e. The standard InChI is InChI=1S/C22H27N3O4/c1-15-5-8-18(9-6-15)23-21(26)13-25(4)22(27)16(2)24(3)12-17-7-10-19-20(11-17)29-14-28-19/h5-11,16H,12-14H2,1-4H3,(H,23,26)/p+1/t16-/m1/s1. The molecule has 0 aliphatic carbocycles. The molecular formula is C22H28N3O4+. The van der Waals surface area contributed by atoms with Crippen molar-refractivity contribution in [2.24, 2.45) is 0 Å². The summed E-state index contributed by atoms with van der Waals surface area (Å²) in [6.07, 6.45) is 0. The van der Waals surface area contributed by atoms with E-state index in [-0.39, 0.29) is 31.2 Å². The highest BCUT2D eigenvalue weighted by molar-refractivity contribution is 5.94. The number of rotatable bonds is 7. The summed E-state index contributed by atoms with van der Waals surface area (Å²) in [7, 11) is 3.62. The number of amides is 2. The topological polar surface area (TPSA) is 72.3 Å². The van der Waals surface area contributed by atoms with Gasteiger partial charge in [0.25, 0.3) is 5.91 Å². The molecule has 1 aliphatic heterocycles. The van der Waals surface area contributed by atoms with Crippen LogP contribution in [0.2, 0.25) is 0 Å². The van der Waals surface area contributed by atoms with Crippen LogP contribution in [0, 0.1) is 6.92 Å². The van der Waals surface area contributed by atoms with Gasteiger partial charge in [-0.15, -0.1) is 0 Å². The highest BCUT2D eigenvalue weighted by atomic mass is 16.7. The summed E-state index contributed by atoms with van der Waals surface area (Å²) in [5, 5.41) is 2.82. The van der Waals surface area contributed by atoms with Crippen LogP contribution in [-0.2, 0) is 16.1 Å². The van der Waals surface area contributed by atoms with Gasteiger partial charge in [-0.05, 0) is 44.2 Å². The number of hydrogen-bond acceptors (Lipinski definition) is 4. The molecule has 1 unspecified atom stereocenters. The number of anilines is 1. The lowest BCUT2D eigenvalue weighted by molar-refractivity contribution is -0.908. The molecule has 7 heteroatoms. The quantitative estimate of drug-likeness (QED) is 0.736. The van der Waals surface area contributed by atoms with Gasteiger partial charge < -0.3 is 24.6 Å². The molecule has 0 fully saturated rings. The predicted octanol–water partition coefficient (Wildman–Crippen LogP) is 1.22. The number of nitrogens with one attached hydrogen (secondary N) is 2. The molecule has 29 heavy (non-hydrogen) atoms. The van der Waals surface area contributed by atoms with Crippen LogP contribution >= 0.6 is 0 Å². The first-order valence-electron chi connectivity index (χ1n) is 9.66. The molecule has 1 aliphatic rings. The van der Waals surface area contributed by atoms with Crippen LogP contribution in [0.25, 0.3) is 0 Å². The Morgan fingerprint density at radius 2 is 1.83 bits per heavy atom. The Balaban J connectivity index is 1.52. The van der Waals surface area contributed by atoms with E-state index in [0.717, 1.165) is 33.2 Å². The van der Waals surface area contributed by atoms with E-state index in [2.05, 4.69) is 5.32 Å². The van der Waals surface area contributed by atoms with E-state index >= 15 is 0 Å². The second-order valence-electron chi connectivity index (χ2n) is 7.54.